The first kappa shape index (κ1) is 20.0. The Kier molecular flexibility index (Phi) is 7.91. The molecule has 0 saturated carbocycles. The van der Waals surface area contributed by atoms with Crippen molar-refractivity contribution in [2.75, 3.05) is 0 Å². The highest BCUT2D eigenvalue weighted by atomic mass is 127. The minimum Gasteiger partial charge on any atom is -0.0795 e. The lowest BCUT2D eigenvalue weighted by atomic mass is 9.84. The van der Waals surface area contributed by atoms with Crippen molar-refractivity contribution >= 4 is 22.6 Å². The Morgan fingerprint density at radius 1 is 0.955 bits per heavy atom. The molecular weight excluding hydrogens is 379 g/mol. The summed E-state index contributed by atoms with van der Waals surface area (Å²) in [5.74, 6) is 0. The Labute approximate surface area is 152 Å². The van der Waals surface area contributed by atoms with E-state index in [-0.39, 0.29) is 0 Å². The Balaban J connectivity index is 2.48. The van der Waals surface area contributed by atoms with Crippen molar-refractivity contribution in [3.8, 4) is 0 Å². The standard InChI is InChI=1S/C21H35I/c1-7-20(3,4)14-8-10-18-12-13-19(17(2)16-18)11-9-15-21(5,6)22/h12-13,16H,7-11,14-15H2,1-6H3. The lowest BCUT2D eigenvalue weighted by Gasteiger charge is -2.22. The van der Waals surface area contributed by atoms with Crippen LogP contribution >= 0.6 is 22.6 Å². The van der Waals surface area contributed by atoms with Crippen molar-refractivity contribution < 1.29 is 0 Å². The van der Waals surface area contributed by atoms with Gasteiger partial charge in [-0.3, -0.25) is 0 Å². The molecule has 0 aliphatic heterocycles. The third kappa shape index (κ3) is 7.99. The van der Waals surface area contributed by atoms with Gasteiger partial charge in [-0.15, -0.1) is 0 Å². The van der Waals surface area contributed by atoms with Crippen LogP contribution in [0.3, 0.4) is 0 Å². The van der Waals surface area contributed by atoms with Crippen molar-refractivity contribution in [3.63, 3.8) is 0 Å². The summed E-state index contributed by atoms with van der Waals surface area (Å²) in [7, 11) is 0. The summed E-state index contributed by atoms with van der Waals surface area (Å²) < 4.78 is 0.428. The topological polar surface area (TPSA) is 0 Å². The Morgan fingerprint density at radius 3 is 2.14 bits per heavy atom. The van der Waals surface area contributed by atoms with E-state index in [9.17, 15) is 0 Å². The largest absolute Gasteiger partial charge is 0.0795 e. The summed E-state index contributed by atoms with van der Waals surface area (Å²) in [6.07, 6.45) is 8.95. The van der Waals surface area contributed by atoms with E-state index in [0.717, 1.165) is 0 Å². The molecule has 0 aliphatic carbocycles. The van der Waals surface area contributed by atoms with Gasteiger partial charge in [0.05, 0.1) is 0 Å². The number of benzene rings is 1. The van der Waals surface area contributed by atoms with Gasteiger partial charge in [-0.2, -0.15) is 0 Å². The van der Waals surface area contributed by atoms with E-state index < -0.39 is 0 Å². The fourth-order valence-corrected chi connectivity index (χ4v) is 3.22. The lowest BCUT2D eigenvalue weighted by molar-refractivity contribution is 0.313. The molecule has 0 radical (unpaired) electrons. The molecule has 1 aromatic carbocycles. The summed E-state index contributed by atoms with van der Waals surface area (Å²) in [5.41, 5.74) is 5.04. The third-order valence-electron chi connectivity index (χ3n) is 4.90. The average molecular weight is 414 g/mol. The molecule has 0 N–H and O–H groups in total. The third-order valence-corrected chi connectivity index (χ3v) is 5.44. The van der Waals surface area contributed by atoms with Crippen LogP contribution in [0.15, 0.2) is 18.2 Å². The molecule has 126 valence electrons. The first-order valence-corrected chi connectivity index (χ1v) is 9.98. The molecule has 0 heterocycles. The highest BCUT2D eigenvalue weighted by molar-refractivity contribution is 14.1. The number of hydrogen-bond donors (Lipinski definition) is 0. The Morgan fingerprint density at radius 2 is 1.59 bits per heavy atom. The van der Waals surface area contributed by atoms with E-state index in [0.29, 0.717) is 8.84 Å². The minimum absolute atomic E-state index is 0.428. The molecule has 1 rings (SSSR count). The predicted molar refractivity (Wildman–Crippen MR) is 109 cm³/mol. The molecule has 0 aromatic heterocycles. The fraction of sp³-hybridized carbons (Fsp3) is 0.714. The highest BCUT2D eigenvalue weighted by Crippen LogP contribution is 2.28. The van der Waals surface area contributed by atoms with Gasteiger partial charge in [0.25, 0.3) is 0 Å². The van der Waals surface area contributed by atoms with Crippen LogP contribution in [0.25, 0.3) is 0 Å². The molecule has 0 spiro atoms. The molecule has 0 aliphatic rings. The molecular formula is C21H35I. The highest BCUT2D eigenvalue weighted by Gasteiger charge is 2.14. The molecule has 0 bridgehead atoms. The van der Waals surface area contributed by atoms with Crippen LogP contribution in [0.1, 0.15) is 83.4 Å². The van der Waals surface area contributed by atoms with E-state index >= 15 is 0 Å². The maximum atomic E-state index is 2.56. The summed E-state index contributed by atoms with van der Waals surface area (Å²) in [6.45, 7) is 14.0. The smallest absolute Gasteiger partial charge is 0.0166 e. The number of alkyl halides is 1. The van der Waals surface area contributed by atoms with Gasteiger partial charge in [0.15, 0.2) is 0 Å². The van der Waals surface area contributed by atoms with Crippen molar-refractivity contribution in [1.82, 2.24) is 0 Å². The van der Waals surface area contributed by atoms with Gasteiger partial charge in [-0.05, 0) is 67.6 Å². The second-order valence-electron chi connectivity index (χ2n) is 8.20. The SMILES string of the molecule is CCC(C)(C)CCCc1ccc(CCCC(C)(C)I)c(C)c1. The molecule has 0 saturated heterocycles. The molecule has 22 heavy (non-hydrogen) atoms. The number of aryl methyl sites for hydroxylation is 3. The van der Waals surface area contributed by atoms with Crippen LogP contribution in [0.4, 0.5) is 0 Å². The minimum atomic E-state index is 0.428. The van der Waals surface area contributed by atoms with Gasteiger partial charge in [-0.25, -0.2) is 0 Å². The number of halogens is 1. The molecule has 0 atom stereocenters. The number of rotatable bonds is 9. The molecule has 0 nitrogen and oxygen atoms in total. The summed E-state index contributed by atoms with van der Waals surface area (Å²) >= 11 is 2.56. The van der Waals surface area contributed by atoms with Crippen LogP contribution in [0.2, 0.25) is 0 Å². The molecule has 0 unspecified atom stereocenters. The van der Waals surface area contributed by atoms with Gasteiger partial charge < -0.3 is 0 Å². The lowest BCUT2D eigenvalue weighted by Crippen LogP contribution is -2.09. The Hall–Kier alpha value is -0.0500. The zero-order chi connectivity index (χ0) is 16.8. The molecule has 0 fully saturated rings. The molecule has 0 amide bonds. The van der Waals surface area contributed by atoms with E-state index in [1.807, 2.05) is 0 Å². The average Bonchev–Trinajstić information content (AvgIpc) is 2.40. The van der Waals surface area contributed by atoms with Crippen LogP contribution in [-0.2, 0) is 12.8 Å². The monoisotopic (exact) mass is 414 g/mol. The molecule has 1 aromatic rings. The summed E-state index contributed by atoms with van der Waals surface area (Å²) in [4.78, 5) is 0. The Bertz CT molecular complexity index is 451. The van der Waals surface area contributed by atoms with Gasteiger partial charge >= 0.3 is 0 Å². The maximum absolute atomic E-state index is 2.56. The van der Waals surface area contributed by atoms with Gasteiger partial charge in [0.1, 0.15) is 0 Å². The summed E-state index contributed by atoms with van der Waals surface area (Å²) in [6, 6.07) is 7.15. The van der Waals surface area contributed by atoms with E-state index in [4.69, 9.17) is 0 Å². The van der Waals surface area contributed by atoms with E-state index in [2.05, 4.69) is 82.3 Å². The van der Waals surface area contributed by atoms with Gasteiger partial charge in [-0.1, -0.05) is 81.8 Å². The van der Waals surface area contributed by atoms with Crippen molar-refractivity contribution in [1.29, 1.82) is 0 Å². The van der Waals surface area contributed by atoms with Crippen molar-refractivity contribution in [2.24, 2.45) is 5.41 Å². The zero-order valence-corrected chi connectivity index (χ0v) is 17.7. The van der Waals surface area contributed by atoms with Crippen LogP contribution < -0.4 is 0 Å². The van der Waals surface area contributed by atoms with Gasteiger partial charge in [0, 0.05) is 3.42 Å². The molecule has 1 heteroatoms. The van der Waals surface area contributed by atoms with E-state index in [1.165, 1.54) is 56.1 Å². The van der Waals surface area contributed by atoms with Crippen molar-refractivity contribution in [3.05, 3.63) is 34.9 Å². The second kappa shape index (κ2) is 8.70. The zero-order valence-electron chi connectivity index (χ0n) is 15.6. The van der Waals surface area contributed by atoms with Crippen LogP contribution in [0.5, 0.6) is 0 Å². The first-order chi connectivity index (χ1) is 10.1. The normalized spacial score (nSPS) is 12.7. The quantitative estimate of drug-likeness (QED) is 0.294. The fourth-order valence-electron chi connectivity index (χ4n) is 2.84. The van der Waals surface area contributed by atoms with Crippen LogP contribution in [0, 0.1) is 12.3 Å². The van der Waals surface area contributed by atoms with E-state index in [1.54, 1.807) is 5.56 Å². The second-order valence-corrected chi connectivity index (χ2v) is 11.1. The number of hydrogen-bond acceptors (Lipinski definition) is 0. The van der Waals surface area contributed by atoms with Crippen molar-refractivity contribution in [2.45, 2.75) is 89.9 Å². The van der Waals surface area contributed by atoms with Crippen LogP contribution in [-0.4, -0.2) is 3.42 Å². The predicted octanol–water partition coefficient (Wildman–Crippen LogP) is 7.29. The van der Waals surface area contributed by atoms with Gasteiger partial charge in [0.2, 0.25) is 0 Å². The summed E-state index contributed by atoms with van der Waals surface area (Å²) in [5, 5.41) is 0. The maximum Gasteiger partial charge on any atom is 0.0166 e. The first-order valence-electron chi connectivity index (χ1n) is 8.90.